The van der Waals surface area contributed by atoms with Gasteiger partial charge in [-0.15, -0.1) is 6.58 Å². The molecule has 0 saturated heterocycles. The molecule has 3 heteroatoms. The maximum atomic E-state index is 10.6. The average molecular weight is 273 g/mol. The van der Waals surface area contributed by atoms with Crippen molar-refractivity contribution in [3.8, 4) is 0 Å². The van der Waals surface area contributed by atoms with Crippen molar-refractivity contribution >= 4 is 17.7 Å². The summed E-state index contributed by atoms with van der Waals surface area (Å²) in [5, 5.41) is 8.68. The first-order valence-corrected chi connectivity index (χ1v) is 6.66. The summed E-state index contributed by atoms with van der Waals surface area (Å²) in [5.74, 6) is -0.934. The standard InChI is InChI=1S/C17H23NO2/c1-6-11-18(17(3,4)5)15-9-7-14(13(2)12-15)8-10-16(19)20/h6-10,12H,1,11H2,2-5H3,(H,19,20)/b10-8+. The molecule has 108 valence electrons. The van der Waals surface area contributed by atoms with Crippen LogP contribution in [0, 0.1) is 6.92 Å². The molecular weight excluding hydrogens is 250 g/mol. The molecule has 0 aliphatic rings. The van der Waals surface area contributed by atoms with Gasteiger partial charge in [0.1, 0.15) is 0 Å². The van der Waals surface area contributed by atoms with Gasteiger partial charge in [-0.05, 0) is 57.0 Å². The molecule has 0 atom stereocenters. The second kappa shape index (κ2) is 6.42. The van der Waals surface area contributed by atoms with Gasteiger partial charge in [0.05, 0.1) is 0 Å². The Bertz CT molecular complexity index is 524. The molecule has 0 radical (unpaired) electrons. The van der Waals surface area contributed by atoms with Crippen LogP contribution in [-0.4, -0.2) is 23.2 Å². The van der Waals surface area contributed by atoms with E-state index < -0.39 is 5.97 Å². The summed E-state index contributed by atoms with van der Waals surface area (Å²) in [5.41, 5.74) is 3.09. The van der Waals surface area contributed by atoms with Gasteiger partial charge in [0.15, 0.2) is 0 Å². The molecule has 0 amide bonds. The third-order valence-corrected chi connectivity index (χ3v) is 3.09. The zero-order chi connectivity index (χ0) is 15.3. The molecule has 1 rings (SSSR count). The maximum Gasteiger partial charge on any atom is 0.328 e. The molecule has 0 heterocycles. The molecule has 0 aliphatic heterocycles. The quantitative estimate of drug-likeness (QED) is 0.653. The van der Waals surface area contributed by atoms with E-state index in [-0.39, 0.29) is 5.54 Å². The first-order valence-electron chi connectivity index (χ1n) is 6.66. The topological polar surface area (TPSA) is 40.5 Å². The maximum absolute atomic E-state index is 10.6. The second-order valence-electron chi connectivity index (χ2n) is 5.78. The first-order chi connectivity index (χ1) is 9.25. The van der Waals surface area contributed by atoms with E-state index in [2.05, 4.69) is 38.3 Å². The summed E-state index contributed by atoms with van der Waals surface area (Å²) in [7, 11) is 0. The van der Waals surface area contributed by atoms with Gasteiger partial charge in [-0.2, -0.15) is 0 Å². The normalized spacial score (nSPS) is 11.6. The molecule has 0 bridgehead atoms. The summed E-state index contributed by atoms with van der Waals surface area (Å²) in [6.07, 6.45) is 4.67. The van der Waals surface area contributed by atoms with E-state index in [1.54, 1.807) is 6.08 Å². The fraction of sp³-hybridized carbons (Fsp3) is 0.353. The molecular formula is C17H23NO2. The Balaban J connectivity index is 3.12. The molecule has 0 spiro atoms. The van der Waals surface area contributed by atoms with Crippen LogP contribution in [0.4, 0.5) is 5.69 Å². The lowest BCUT2D eigenvalue weighted by atomic mass is 10.0. The minimum absolute atomic E-state index is 0.000942. The summed E-state index contributed by atoms with van der Waals surface area (Å²) >= 11 is 0. The fourth-order valence-electron chi connectivity index (χ4n) is 2.07. The van der Waals surface area contributed by atoms with Gasteiger partial charge in [-0.25, -0.2) is 4.79 Å². The summed E-state index contributed by atoms with van der Waals surface area (Å²) in [6.45, 7) is 13.0. The van der Waals surface area contributed by atoms with E-state index >= 15 is 0 Å². The van der Waals surface area contributed by atoms with Crippen LogP contribution in [0.5, 0.6) is 0 Å². The summed E-state index contributed by atoms with van der Waals surface area (Å²) < 4.78 is 0. The average Bonchev–Trinajstić information content (AvgIpc) is 2.32. The van der Waals surface area contributed by atoms with E-state index in [0.29, 0.717) is 0 Å². The molecule has 1 aromatic carbocycles. The van der Waals surface area contributed by atoms with E-state index in [1.807, 2.05) is 25.1 Å². The first kappa shape index (κ1) is 16.0. The second-order valence-corrected chi connectivity index (χ2v) is 5.78. The van der Waals surface area contributed by atoms with E-state index in [4.69, 9.17) is 5.11 Å². The largest absolute Gasteiger partial charge is 0.478 e. The zero-order valence-corrected chi connectivity index (χ0v) is 12.7. The van der Waals surface area contributed by atoms with Crippen molar-refractivity contribution in [2.75, 3.05) is 11.4 Å². The highest BCUT2D eigenvalue weighted by Gasteiger charge is 2.20. The van der Waals surface area contributed by atoms with E-state index in [1.165, 1.54) is 0 Å². The Labute approximate surface area is 121 Å². The predicted molar refractivity (Wildman–Crippen MR) is 85.1 cm³/mol. The highest BCUT2D eigenvalue weighted by Crippen LogP contribution is 2.26. The highest BCUT2D eigenvalue weighted by atomic mass is 16.4. The SMILES string of the molecule is C=CCN(c1ccc(/C=C/C(=O)O)c(C)c1)C(C)(C)C. The Morgan fingerprint density at radius 3 is 2.50 bits per heavy atom. The van der Waals surface area contributed by atoms with Crippen LogP contribution >= 0.6 is 0 Å². The smallest absolute Gasteiger partial charge is 0.328 e. The molecule has 0 unspecified atom stereocenters. The van der Waals surface area contributed by atoms with Gasteiger partial charge in [0.2, 0.25) is 0 Å². The lowest BCUT2D eigenvalue weighted by molar-refractivity contribution is -0.131. The Kier molecular flexibility index (Phi) is 5.14. The minimum atomic E-state index is -0.934. The molecule has 0 aliphatic carbocycles. The molecule has 20 heavy (non-hydrogen) atoms. The van der Waals surface area contributed by atoms with Gasteiger partial charge in [0.25, 0.3) is 0 Å². The molecule has 1 aromatic rings. The van der Waals surface area contributed by atoms with Crippen molar-refractivity contribution in [1.29, 1.82) is 0 Å². The van der Waals surface area contributed by atoms with Crippen molar-refractivity contribution in [1.82, 2.24) is 0 Å². The number of aliphatic carboxylic acids is 1. The number of hydrogen-bond acceptors (Lipinski definition) is 2. The van der Waals surface area contributed by atoms with Crippen LogP contribution in [0.15, 0.2) is 36.9 Å². The Hall–Kier alpha value is -2.03. The fourth-order valence-corrected chi connectivity index (χ4v) is 2.07. The zero-order valence-electron chi connectivity index (χ0n) is 12.7. The van der Waals surface area contributed by atoms with Crippen molar-refractivity contribution in [3.05, 3.63) is 48.1 Å². The summed E-state index contributed by atoms with van der Waals surface area (Å²) in [4.78, 5) is 12.8. The lowest BCUT2D eigenvalue weighted by Gasteiger charge is -2.37. The lowest BCUT2D eigenvalue weighted by Crippen LogP contribution is -2.41. The van der Waals surface area contributed by atoms with Gasteiger partial charge in [0, 0.05) is 23.8 Å². The number of carboxylic acid groups (broad SMARTS) is 1. The van der Waals surface area contributed by atoms with E-state index in [0.717, 1.165) is 29.4 Å². The van der Waals surface area contributed by atoms with Crippen molar-refractivity contribution in [2.45, 2.75) is 33.2 Å². The van der Waals surface area contributed by atoms with E-state index in [9.17, 15) is 4.79 Å². The number of carbonyl (C=O) groups is 1. The molecule has 0 fully saturated rings. The number of nitrogens with zero attached hydrogens (tertiary/aromatic N) is 1. The number of carboxylic acids is 1. The van der Waals surface area contributed by atoms with Crippen LogP contribution in [0.1, 0.15) is 31.9 Å². The highest BCUT2D eigenvalue weighted by molar-refractivity contribution is 5.85. The Morgan fingerprint density at radius 1 is 1.40 bits per heavy atom. The van der Waals surface area contributed by atoms with Gasteiger partial charge in [-0.1, -0.05) is 12.1 Å². The van der Waals surface area contributed by atoms with Gasteiger partial charge < -0.3 is 10.0 Å². The van der Waals surface area contributed by atoms with Gasteiger partial charge >= 0.3 is 5.97 Å². The molecule has 3 nitrogen and oxygen atoms in total. The van der Waals surface area contributed by atoms with Crippen LogP contribution in [0.3, 0.4) is 0 Å². The van der Waals surface area contributed by atoms with Gasteiger partial charge in [-0.3, -0.25) is 0 Å². The predicted octanol–water partition coefficient (Wildman–Crippen LogP) is 3.88. The number of aryl methyl sites for hydroxylation is 1. The third-order valence-electron chi connectivity index (χ3n) is 3.09. The number of hydrogen-bond donors (Lipinski definition) is 1. The monoisotopic (exact) mass is 273 g/mol. The summed E-state index contributed by atoms with van der Waals surface area (Å²) in [6, 6.07) is 6.05. The molecule has 0 aromatic heterocycles. The number of rotatable bonds is 5. The minimum Gasteiger partial charge on any atom is -0.478 e. The van der Waals surface area contributed by atoms with Crippen LogP contribution < -0.4 is 4.90 Å². The van der Waals surface area contributed by atoms with Crippen LogP contribution in [-0.2, 0) is 4.79 Å². The number of anilines is 1. The number of benzene rings is 1. The van der Waals surface area contributed by atoms with Crippen molar-refractivity contribution in [2.24, 2.45) is 0 Å². The van der Waals surface area contributed by atoms with Crippen molar-refractivity contribution in [3.63, 3.8) is 0 Å². The van der Waals surface area contributed by atoms with Crippen LogP contribution in [0.2, 0.25) is 0 Å². The molecule has 0 saturated carbocycles. The molecule has 1 N–H and O–H groups in total. The van der Waals surface area contributed by atoms with Crippen molar-refractivity contribution < 1.29 is 9.90 Å². The van der Waals surface area contributed by atoms with Crippen LogP contribution in [0.25, 0.3) is 6.08 Å². The third kappa shape index (κ3) is 4.26. The Morgan fingerprint density at radius 2 is 2.05 bits per heavy atom.